The van der Waals surface area contributed by atoms with Gasteiger partial charge in [0.1, 0.15) is 18.0 Å². The Labute approximate surface area is 220 Å². The highest BCUT2D eigenvalue weighted by Crippen LogP contribution is 2.39. The van der Waals surface area contributed by atoms with Crippen molar-refractivity contribution in [3.8, 4) is 28.0 Å². The summed E-state index contributed by atoms with van der Waals surface area (Å²) in [6.07, 6.45) is 6.35. The molecule has 0 aliphatic carbocycles. The molecule has 39 heavy (non-hydrogen) atoms. The number of nitrogens with one attached hydrogen (secondary N) is 1. The van der Waals surface area contributed by atoms with Crippen molar-refractivity contribution >= 4 is 11.0 Å². The van der Waals surface area contributed by atoms with Gasteiger partial charge in [0, 0.05) is 35.3 Å². The van der Waals surface area contributed by atoms with Gasteiger partial charge in [0.05, 0.1) is 30.4 Å². The molecule has 0 saturated heterocycles. The van der Waals surface area contributed by atoms with Gasteiger partial charge in [-0.2, -0.15) is 13.9 Å². The molecule has 4 heterocycles. The first-order valence-electron chi connectivity index (χ1n) is 12.1. The zero-order valence-electron chi connectivity index (χ0n) is 21.0. The molecule has 0 saturated carbocycles. The lowest BCUT2D eigenvalue weighted by molar-refractivity contribution is -0.0531. The van der Waals surface area contributed by atoms with Crippen LogP contribution in [-0.4, -0.2) is 41.4 Å². The average Bonchev–Trinajstić information content (AvgIpc) is 3.53. The minimum absolute atomic E-state index is 0.0206. The van der Waals surface area contributed by atoms with E-state index in [2.05, 4.69) is 29.9 Å². The van der Waals surface area contributed by atoms with Crippen LogP contribution >= 0.6 is 0 Å². The molecule has 12 heteroatoms. The van der Waals surface area contributed by atoms with Gasteiger partial charge in [0.15, 0.2) is 17.4 Å². The number of rotatable bonds is 5. The van der Waals surface area contributed by atoms with Gasteiger partial charge < -0.3 is 19.1 Å². The SMILES string of the molecule is CC(C)(O)c1ncc(-c2ccc3nc4n(c3c2)Cc2c(c(-c3cn[nH]c3)cc(F)c2OC(F)F)COC4)cn1. The summed E-state index contributed by atoms with van der Waals surface area (Å²) in [4.78, 5) is 13.2. The van der Waals surface area contributed by atoms with Crippen LogP contribution in [0.25, 0.3) is 33.3 Å². The number of hydrogen-bond donors (Lipinski definition) is 2. The first kappa shape index (κ1) is 25.0. The second-order valence-electron chi connectivity index (χ2n) is 9.72. The second-order valence-corrected chi connectivity index (χ2v) is 9.72. The number of aromatic nitrogens is 6. The fourth-order valence-electron chi connectivity index (χ4n) is 4.76. The molecular weight excluding hydrogens is 513 g/mol. The Hall–Kier alpha value is -4.29. The zero-order chi connectivity index (χ0) is 27.3. The fraction of sp³-hybridized carbons (Fsp3) is 0.259. The molecule has 0 amide bonds. The fourth-order valence-corrected chi connectivity index (χ4v) is 4.76. The van der Waals surface area contributed by atoms with Crippen molar-refractivity contribution in [3.63, 3.8) is 0 Å². The van der Waals surface area contributed by atoms with Gasteiger partial charge in [0.25, 0.3) is 0 Å². The van der Waals surface area contributed by atoms with Crippen molar-refractivity contribution in [1.29, 1.82) is 0 Å². The van der Waals surface area contributed by atoms with Crippen molar-refractivity contribution in [3.05, 3.63) is 77.6 Å². The van der Waals surface area contributed by atoms with Crippen LogP contribution in [0.5, 0.6) is 5.75 Å². The summed E-state index contributed by atoms with van der Waals surface area (Å²) in [7, 11) is 0. The number of benzene rings is 2. The lowest BCUT2D eigenvalue weighted by Crippen LogP contribution is -2.19. The van der Waals surface area contributed by atoms with E-state index in [0.29, 0.717) is 39.1 Å². The Morgan fingerprint density at radius 2 is 1.85 bits per heavy atom. The number of aromatic amines is 1. The van der Waals surface area contributed by atoms with E-state index >= 15 is 4.39 Å². The van der Waals surface area contributed by atoms with E-state index in [-0.39, 0.29) is 31.1 Å². The molecule has 9 nitrogen and oxygen atoms in total. The largest absolute Gasteiger partial charge is 0.431 e. The summed E-state index contributed by atoms with van der Waals surface area (Å²) < 4.78 is 54.4. The third kappa shape index (κ3) is 4.61. The Kier molecular flexibility index (Phi) is 6.07. The highest BCUT2D eigenvalue weighted by molar-refractivity contribution is 5.83. The minimum Gasteiger partial charge on any atom is -0.431 e. The molecule has 0 unspecified atom stereocenters. The number of imidazole rings is 1. The molecule has 0 atom stereocenters. The molecule has 5 aromatic rings. The Morgan fingerprint density at radius 3 is 2.54 bits per heavy atom. The van der Waals surface area contributed by atoms with Crippen molar-refractivity contribution in [2.24, 2.45) is 0 Å². The smallest absolute Gasteiger partial charge is 0.387 e. The van der Waals surface area contributed by atoms with E-state index in [1.807, 2.05) is 18.2 Å². The Bertz CT molecular complexity index is 1660. The highest BCUT2D eigenvalue weighted by Gasteiger charge is 2.27. The van der Waals surface area contributed by atoms with Crippen LogP contribution in [0.1, 0.15) is 36.6 Å². The maximum atomic E-state index is 15.3. The maximum Gasteiger partial charge on any atom is 0.387 e. The molecule has 3 aromatic heterocycles. The summed E-state index contributed by atoms with van der Waals surface area (Å²) in [5.41, 5.74) is 3.44. The van der Waals surface area contributed by atoms with Crippen molar-refractivity contribution in [2.75, 3.05) is 0 Å². The third-order valence-electron chi connectivity index (χ3n) is 6.62. The minimum atomic E-state index is -3.22. The number of aliphatic hydroxyl groups is 1. The monoisotopic (exact) mass is 536 g/mol. The number of ether oxygens (including phenoxy) is 2. The van der Waals surface area contributed by atoms with Gasteiger partial charge in [-0.15, -0.1) is 0 Å². The van der Waals surface area contributed by atoms with Crippen LogP contribution in [0.15, 0.2) is 49.1 Å². The van der Waals surface area contributed by atoms with Gasteiger partial charge in [0.2, 0.25) is 0 Å². The van der Waals surface area contributed by atoms with Crippen molar-refractivity contribution < 1.29 is 27.8 Å². The van der Waals surface area contributed by atoms with Gasteiger partial charge in [-0.1, -0.05) is 6.07 Å². The van der Waals surface area contributed by atoms with E-state index < -0.39 is 23.8 Å². The first-order valence-corrected chi connectivity index (χ1v) is 12.1. The molecule has 6 rings (SSSR count). The highest BCUT2D eigenvalue weighted by atomic mass is 19.3. The topological polar surface area (TPSA) is 111 Å². The van der Waals surface area contributed by atoms with Crippen molar-refractivity contribution in [1.82, 2.24) is 29.7 Å². The molecular formula is C27H23F3N6O3. The quantitative estimate of drug-likeness (QED) is 0.328. The van der Waals surface area contributed by atoms with E-state index in [1.165, 1.54) is 6.20 Å². The summed E-state index contributed by atoms with van der Waals surface area (Å²) >= 11 is 0. The van der Waals surface area contributed by atoms with Crippen LogP contribution in [0.4, 0.5) is 13.2 Å². The number of halogens is 3. The predicted octanol–water partition coefficient (Wildman–Crippen LogP) is 4.93. The van der Waals surface area contributed by atoms with Crippen LogP contribution < -0.4 is 4.74 Å². The zero-order valence-corrected chi connectivity index (χ0v) is 21.0. The molecule has 0 fully saturated rings. The van der Waals surface area contributed by atoms with E-state index in [0.717, 1.165) is 11.6 Å². The number of nitrogens with zero attached hydrogens (tertiary/aromatic N) is 5. The van der Waals surface area contributed by atoms with Gasteiger partial charge in [-0.25, -0.2) is 19.3 Å². The number of fused-ring (bicyclic) bond motifs is 4. The van der Waals surface area contributed by atoms with E-state index in [9.17, 15) is 13.9 Å². The lowest BCUT2D eigenvalue weighted by atomic mass is 9.95. The summed E-state index contributed by atoms with van der Waals surface area (Å²) in [6, 6.07) is 6.73. The van der Waals surface area contributed by atoms with Crippen LogP contribution in [-0.2, 0) is 30.1 Å². The van der Waals surface area contributed by atoms with Crippen molar-refractivity contribution in [2.45, 2.75) is 45.8 Å². The van der Waals surface area contributed by atoms with Crippen LogP contribution in [0.3, 0.4) is 0 Å². The van der Waals surface area contributed by atoms with Gasteiger partial charge in [-0.3, -0.25) is 5.10 Å². The second kappa shape index (κ2) is 9.47. The standard InChI is InChI=1S/C27H23F3N6O3/c1-27(2,37)25-31-7-15(8-32-25)14-3-4-21-22(5-14)36-11-18-19(12-38-13-23(36)35-21)17(16-9-33-34-10-16)6-20(28)24(18)39-26(29)30/h3-10,26,37H,11-13H2,1-2H3,(H,33,34). The third-order valence-corrected chi connectivity index (χ3v) is 6.62. The normalized spacial score (nSPS) is 13.7. The lowest BCUT2D eigenvalue weighted by Gasteiger charge is -2.23. The first-order chi connectivity index (χ1) is 18.7. The Balaban J connectivity index is 1.50. The Morgan fingerprint density at radius 1 is 1.05 bits per heavy atom. The molecule has 1 aliphatic heterocycles. The molecule has 200 valence electrons. The van der Waals surface area contributed by atoms with E-state index in [4.69, 9.17) is 4.74 Å². The molecule has 0 radical (unpaired) electrons. The van der Waals surface area contributed by atoms with Gasteiger partial charge in [-0.05, 0) is 48.7 Å². The molecule has 0 spiro atoms. The average molecular weight is 537 g/mol. The summed E-state index contributed by atoms with van der Waals surface area (Å²) in [5, 5.41) is 16.8. The van der Waals surface area contributed by atoms with Crippen LogP contribution in [0, 0.1) is 5.82 Å². The molecule has 2 aromatic carbocycles. The molecule has 2 N–H and O–H groups in total. The molecule has 1 aliphatic rings. The maximum absolute atomic E-state index is 15.3. The molecule has 0 bridgehead atoms. The number of alkyl halides is 2. The summed E-state index contributed by atoms with van der Waals surface area (Å²) in [5.74, 6) is -0.602. The summed E-state index contributed by atoms with van der Waals surface area (Å²) in [6.45, 7) is 0.199. The predicted molar refractivity (Wildman–Crippen MR) is 134 cm³/mol. The number of hydrogen-bond acceptors (Lipinski definition) is 7. The van der Waals surface area contributed by atoms with E-state index in [1.54, 1.807) is 37.0 Å². The number of H-pyrrole nitrogens is 1. The van der Waals surface area contributed by atoms with Crippen LogP contribution in [0.2, 0.25) is 0 Å². The van der Waals surface area contributed by atoms with Gasteiger partial charge >= 0.3 is 6.61 Å².